The Kier molecular flexibility index (Phi) is 2.32. The van der Waals surface area contributed by atoms with Gasteiger partial charge < -0.3 is 5.32 Å². The fourth-order valence-electron chi connectivity index (χ4n) is 2.02. The maximum absolute atomic E-state index is 4.33. The van der Waals surface area contributed by atoms with Gasteiger partial charge in [0.2, 0.25) is 0 Å². The lowest BCUT2D eigenvalue weighted by atomic mass is 10.0. The molecule has 0 atom stereocenters. The fourth-order valence-corrected chi connectivity index (χ4v) is 2.83. The van der Waals surface area contributed by atoms with Crippen LogP contribution in [0.5, 0.6) is 0 Å². The summed E-state index contributed by atoms with van der Waals surface area (Å²) in [6, 6.07) is 2.04. The average Bonchev–Trinajstić information content (AvgIpc) is 2.94. The van der Waals surface area contributed by atoms with Gasteiger partial charge in [-0.1, -0.05) is 6.92 Å². The second kappa shape index (κ2) is 3.70. The van der Waals surface area contributed by atoms with Crippen molar-refractivity contribution in [1.29, 1.82) is 0 Å². The van der Waals surface area contributed by atoms with Crippen LogP contribution in [-0.4, -0.2) is 16.5 Å². The van der Waals surface area contributed by atoms with Crippen LogP contribution in [0, 0.1) is 5.41 Å². The smallest absolute Gasteiger partial charge is 0.147 e. The zero-order valence-corrected chi connectivity index (χ0v) is 10.2. The van der Waals surface area contributed by atoms with Gasteiger partial charge in [0.25, 0.3) is 0 Å². The Morgan fingerprint density at radius 2 is 2.31 bits per heavy atom. The van der Waals surface area contributed by atoms with Crippen molar-refractivity contribution in [3.63, 3.8) is 0 Å². The van der Waals surface area contributed by atoms with Gasteiger partial charge in [0.15, 0.2) is 0 Å². The number of nitrogens with one attached hydrogen (secondary N) is 1. The molecule has 1 aliphatic carbocycles. The van der Waals surface area contributed by atoms with E-state index in [-0.39, 0.29) is 0 Å². The first kappa shape index (κ1) is 10.0. The first-order valence-electron chi connectivity index (χ1n) is 5.75. The highest BCUT2D eigenvalue weighted by molar-refractivity contribution is 7.17. The second-order valence-electron chi connectivity index (χ2n) is 4.56. The Morgan fingerprint density at radius 1 is 1.44 bits per heavy atom. The van der Waals surface area contributed by atoms with Crippen LogP contribution >= 0.6 is 11.3 Å². The molecule has 3 rings (SSSR count). The molecule has 0 amide bonds. The monoisotopic (exact) mass is 233 g/mol. The minimum Gasteiger partial charge on any atom is -0.368 e. The lowest BCUT2D eigenvalue weighted by Gasteiger charge is -2.13. The molecule has 1 N–H and O–H groups in total. The van der Waals surface area contributed by atoms with Crippen molar-refractivity contribution in [3.8, 4) is 0 Å². The highest BCUT2D eigenvalue weighted by Gasteiger charge is 2.40. The van der Waals surface area contributed by atoms with Crippen molar-refractivity contribution < 1.29 is 0 Å². The van der Waals surface area contributed by atoms with Crippen molar-refractivity contribution in [1.82, 2.24) is 9.97 Å². The van der Waals surface area contributed by atoms with E-state index in [1.54, 1.807) is 17.7 Å². The van der Waals surface area contributed by atoms with Crippen LogP contribution in [0.1, 0.15) is 26.2 Å². The van der Waals surface area contributed by atoms with Gasteiger partial charge in [-0.05, 0) is 36.1 Å². The lowest BCUT2D eigenvalue weighted by Crippen LogP contribution is -2.15. The Bertz CT molecular complexity index is 502. The molecule has 0 spiro atoms. The van der Waals surface area contributed by atoms with Gasteiger partial charge >= 0.3 is 0 Å². The second-order valence-corrected chi connectivity index (χ2v) is 5.48. The standard InChI is InChI=1S/C12H15N3S/c1-2-12(4-5-12)7-13-11-10-9(3-6-16-10)14-8-15-11/h3,6,8H,2,4-5,7H2,1H3,(H,13,14,15). The van der Waals surface area contributed by atoms with Gasteiger partial charge in [0.1, 0.15) is 12.1 Å². The van der Waals surface area contributed by atoms with Crippen LogP contribution in [0.2, 0.25) is 0 Å². The van der Waals surface area contributed by atoms with Crippen LogP contribution in [-0.2, 0) is 0 Å². The predicted molar refractivity (Wildman–Crippen MR) is 67.9 cm³/mol. The molecule has 2 heterocycles. The molecule has 0 unspecified atom stereocenters. The Balaban J connectivity index is 1.81. The first-order chi connectivity index (χ1) is 7.83. The van der Waals surface area contributed by atoms with E-state index < -0.39 is 0 Å². The van der Waals surface area contributed by atoms with Crippen LogP contribution < -0.4 is 5.32 Å². The molecular formula is C12H15N3S. The van der Waals surface area contributed by atoms with E-state index in [0.29, 0.717) is 5.41 Å². The van der Waals surface area contributed by atoms with Crippen LogP contribution in [0.3, 0.4) is 0 Å². The van der Waals surface area contributed by atoms with E-state index in [2.05, 4.69) is 27.6 Å². The summed E-state index contributed by atoms with van der Waals surface area (Å²) in [6.07, 6.45) is 5.62. The van der Waals surface area contributed by atoms with E-state index in [1.165, 1.54) is 24.0 Å². The SMILES string of the molecule is CCC1(CNc2ncnc3ccsc23)CC1. The Morgan fingerprint density at radius 3 is 3.06 bits per heavy atom. The molecule has 0 bridgehead atoms. The third-order valence-electron chi connectivity index (χ3n) is 3.58. The van der Waals surface area contributed by atoms with Crippen molar-refractivity contribution in [3.05, 3.63) is 17.8 Å². The molecule has 0 saturated heterocycles. The summed E-state index contributed by atoms with van der Waals surface area (Å²) in [5.41, 5.74) is 1.60. The van der Waals surface area contributed by atoms with Gasteiger partial charge in [-0.2, -0.15) is 0 Å². The topological polar surface area (TPSA) is 37.8 Å². The molecule has 4 heteroatoms. The maximum atomic E-state index is 4.33. The molecule has 1 aliphatic rings. The molecule has 2 aromatic rings. The summed E-state index contributed by atoms with van der Waals surface area (Å²) in [5.74, 6) is 1.000. The number of rotatable bonds is 4. The molecule has 0 radical (unpaired) electrons. The van der Waals surface area contributed by atoms with Crippen molar-refractivity contribution >= 4 is 27.4 Å². The number of fused-ring (bicyclic) bond motifs is 1. The van der Waals surface area contributed by atoms with Gasteiger partial charge in [-0.15, -0.1) is 11.3 Å². The van der Waals surface area contributed by atoms with Crippen molar-refractivity contribution in [2.45, 2.75) is 26.2 Å². The number of anilines is 1. The molecular weight excluding hydrogens is 218 g/mol. The van der Waals surface area contributed by atoms with Crippen LogP contribution in [0.4, 0.5) is 5.82 Å². The van der Waals surface area contributed by atoms with Gasteiger partial charge in [-0.25, -0.2) is 9.97 Å². The van der Waals surface area contributed by atoms with Crippen LogP contribution in [0.15, 0.2) is 17.8 Å². The van der Waals surface area contributed by atoms with Crippen molar-refractivity contribution in [2.75, 3.05) is 11.9 Å². The fraction of sp³-hybridized carbons (Fsp3) is 0.500. The summed E-state index contributed by atoms with van der Waals surface area (Å²) in [6.45, 7) is 3.32. The minimum atomic E-state index is 0.550. The highest BCUT2D eigenvalue weighted by Crippen LogP contribution is 2.48. The summed E-state index contributed by atoms with van der Waals surface area (Å²) >= 11 is 1.71. The Hall–Kier alpha value is -1.16. The number of thiophene rings is 1. The summed E-state index contributed by atoms with van der Waals surface area (Å²) in [4.78, 5) is 8.57. The summed E-state index contributed by atoms with van der Waals surface area (Å²) in [7, 11) is 0. The predicted octanol–water partition coefficient (Wildman–Crippen LogP) is 3.29. The number of aromatic nitrogens is 2. The quantitative estimate of drug-likeness (QED) is 0.880. The summed E-state index contributed by atoms with van der Waals surface area (Å²) in [5, 5.41) is 5.55. The van der Waals surface area contributed by atoms with Crippen LogP contribution in [0.25, 0.3) is 10.2 Å². The van der Waals surface area contributed by atoms with E-state index >= 15 is 0 Å². The third-order valence-corrected chi connectivity index (χ3v) is 4.49. The van der Waals surface area contributed by atoms with E-state index in [4.69, 9.17) is 0 Å². The average molecular weight is 233 g/mol. The van der Waals surface area contributed by atoms with Gasteiger partial charge in [-0.3, -0.25) is 0 Å². The van der Waals surface area contributed by atoms with E-state index in [1.807, 2.05) is 6.07 Å². The molecule has 3 nitrogen and oxygen atoms in total. The molecule has 84 valence electrons. The molecule has 0 aromatic carbocycles. The number of hydrogen-bond donors (Lipinski definition) is 1. The number of hydrogen-bond acceptors (Lipinski definition) is 4. The Labute approximate surface area is 98.9 Å². The zero-order chi connectivity index (χ0) is 11.0. The third kappa shape index (κ3) is 1.67. The molecule has 2 aromatic heterocycles. The normalized spacial score (nSPS) is 17.6. The minimum absolute atomic E-state index is 0.550. The largest absolute Gasteiger partial charge is 0.368 e. The lowest BCUT2D eigenvalue weighted by molar-refractivity contribution is 0.521. The van der Waals surface area contributed by atoms with E-state index in [0.717, 1.165) is 17.9 Å². The van der Waals surface area contributed by atoms with Gasteiger partial charge in [0, 0.05) is 6.54 Å². The first-order valence-corrected chi connectivity index (χ1v) is 6.63. The molecule has 16 heavy (non-hydrogen) atoms. The molecule has 0 aliphatic heterocycles. The molecule has 1 fully saturated rings. The highest BCUT2D eigenvalue weighted by atomic mass is 32.1. The van der Waals surface area contributed by atoms with Gasteiger partial charge in [0.05, 0.1) is 10.2 Å². The van der Waals surface area contributed by atoms with Crippen molar-refractivity contribution in [2.24, 2.45) is 5.41 Å². The summed E-state index contributed by atoms with van der Waals surface area (Å²) < 4.78 is 1.18. The molecule has 1 saturated carbocycles. The number of nitrogens with zero attached hydrogens (tertiary/aromatic N) is 2. The maximum Gasteiger partial charge on any atom is 0.147 e. The van der Waals surface area contributed by atoms with E-state index in [9.17, 15) is 0 Å². The zero-order valence-electron chi connectivity index (χ0n) is 9.36.